The lowest BCUT2D eigenvalue weighted by atomic mass is 10.1. The van der Waals surface area contributed by atoms with Gasteiger partial charge in [0.05, 0.1) is 11.4 Å². The van der Waals surface area contributed by atoms with Crippen molar-refractivity contribution in [3.05, 3.63) is 41.3 Å². The summed E-state index contributed by atoms with van der Waals surface area (Å²) in [6.07, 6.45) is 5.94. The molecule has 29 heavy (non-hydrogen) atoms. The summed E-state index contributed by atoms with van der Waals surface area (Å²) in [7, 11) is 0. The molecule has 1 aromatic heterocycles. The Bertz CT molecular complexity index is 825. The summed E-state index contributed by atoms with van der Waals surface area (Å²) in [5.74, 6) is 0.346. The fourth-order valence-electron chi connectivity index (χ4n) is 2.82. The van der Waals surface area contributed by atoms with Crippen LogP contribution in [-0.4, -0.2) is 28.8 Å². The van der Waals surface area contributed by atoms with Crippen molar-refractivity contribution in [3.63, 3.8) is 0 Å². The number of aromatic nitrogens is 2. The van der Waals surface area contributed by atoms with Gasteiger partial charge in [0.1, 0.15) is 23.3 Å². The van der Waals surface area contributed by atoms with Crippen LogP contribution in [0, 0.1) is 17.1 Å². The van der Waals surface area contributed by atoms with Gasteiger partial charge in [-0.1, -0.05) is 26.2 Å². The number of halogens is 2. The van der Waals surface area contributed by atoms with Gasteiger partial charge in [-0.3, -0.25) is 4.99 Å². The molecule has 0 amide bonds. The number of aliphatic imine (C=N–C) groups is 1. The highest BCUT2D eigenvalue weighted by molar-refractivity contribution is 14.0. The molecule has 7 nitrogen and oxygen atoms in total. The molecule has 0 atom stereocenters. The molecule has 0 fully saturated rings. The largest absolute Gasteiger partial charge is 0.382 e. The lowest BCUT2D eigenvalue weighted by molar-refractivity contribution is 0.627. The molecule has 2 rings (SSSR count). The monoisotopic (exact) mass is 513 g/mol. The van der Waals surface area contributed by atoms with Gasteiger partial charge < -0.3 is 16.8 Å². The maximum absolute atomic E-state index is 13.1. The number of aryl methyl sites for hydroxylation is 1. The zero-order valence-corrected chi connectivity index (χ0v) is 19.0. The average molecular weight is 513 g/mol. The molecule has 5 N–H and O–H groups in total. The van der Waals surface area contributed by atoms with Gasteiger partial charge in [-0.15, -0.1) is 24.0 Å². The third kappa shape index (κ3) is 7.53. The van der Waals surface area contributed by atoms with E-state index in [9.17, 15) is 9.65 Å². The summed E-state index contributed by atoms with van der Waals surface area (Å²) < 4.78 is 14.6. The van der Waals surface area contributed by atoms with E-state index in [2.05, 4.69) is 28.4 Å². The van der Waals surface area contributed by atoms with Gasteiger partial charge in [0.2, 0.25) is 0 Å². The molecular formula is C20H29FIN7. The lowest BCUT2D eigenvalue weighted by Gasteiger charge is -2.05. The topological polar surface area (TPSA) is 118 Å². The van der Waals surface area contributed by atoms with Crippen LogP contribution >= 0.6 is 24.0 Å². The van der Waals surface area contributed by atoms with Crippen LogP contribution in [-0.2, 0) is 6.42 Å². The fraction of sp³-hybridized carbons (Fsp3) is 0.450. The van der Waals surface area contributed by atoms with E-state index in [-0.39, 0.29) is 35.6 Å². The number of nitrogens with two attached hydrogens (primary N) is 2. The van der Waals surface area contributed by atoms with Crippen LogP contribution in [0.4, 0.5) is 10.2 Å². The number of unbranched alkanes of at least 4 members (excludes halogenated alkanes) is 3. The molecule has 9 heteroatoms. The minimum absolute atomic E-state index is 0. The molecule has 0 aliphatic heterocycles. The van der Waals surface area contributed by atoms with Gasteiger partial charge in [-0.25, -0.2) is 9.07 Å². The van der Waals surface area contributed by atoms with Crippen molar-refractivity contribution >= 4 is 35.8 Å². The van der Waals surface area contributed by atoms with E-state index in [1.165, 1.54) is 36.1 Å². The Kier molecular flexibility index (Phi) is 11.1. The fourth-order valence-corrected chi connectivity index (χ4v) is 2.82. The number of hydrogen-bond donors (Lipinski definition) is 3. The number of nitrogen functional groups attached to an aromatic ring is 1. The van der Waals surface area contributed by atoms with E-state index >= 15 is 0 Å². The van der Waals surface area contributed by atoms with Crippen molar-refractivity contribution in [1.82, 2.24) is 15.1 Å². The van der Waals surface area contributed by atoms with Crippen molar-refractivity contribution in [2.45, 2.75) is 45.4 Å². The van der Waals surface area contributed by atoms with Crippen LogP contribution in [0.1, 0.15) is 50.3 Å². The summed E-state index contributed by atoms with van der Waals surface area (Å²) in [5.41, 5.74) is 13.5. The Morgan fingerprint density at radius 3 is 2.62 bits per heavy atom. The zero-order chi connectivity index (χ0) is 20.4. The summed E-state index contributed by atoms with van der Waals surface area (Å²) in [4.78, 5) is 4.30. The Balaban J connectivity index is 0.00000420. The van der Waals surface area contributed by atoms with Crippen LogP contribution < -0.4 is 16.8 Å². The van der Waals surface area contributed by atoms with E-state index in [0.717, 1.165) is 13.0 Å². The first-order valence-corrected chi connectivity index (χ1v) is 9.64. The lowest BCUT2D eigenvalue weighted by Crippen LogP contribution is -2.32. The molecule has 0 aliphatic rings. The molecule has 0 unspecified atom stereocenters. The van der Waals surface area contributed by atoms with E-state index in [4.69, 9.17) is 11.5 Å². The van der Waals surface area contributed by atoms with Gasteiger partial charge in [-0.05, 0) is 43.5 Å². The second kappa shape index (κ2) is 13.0. The van der Waals surface area contributed by atoms with E-state index in [1.807, 2.05) is 0 Å². The van der Waals surface area contributed by atoms with E-state index < -0.39 is 0 Å². The number of anilines is 1. The normalized spacial score (nSPS) is 11.0. The Morgan fingerprint density at radius 1 is 1.24 bits per heavy atom. The van der Waals surface area contributed by atoms with Gasteiger partial charge in [0, 0.05) is 13.1 Å². The first-order valence-electron chi connectivity index (χ1n) is 9.64. The maximum Gasteiger partial charge on any atom is 0.188 e. The number of nitrogens with zero attached hydrogens (tertiary/aromatic N) is 4. The molecule has 0 saturated heterocycles. The van der Waals surface area contributed by atoms with E-state index in [0.29, 0.717) is 42.3 Å². The average Bonchev–Trinajstić information content (AvgIpc) is 3.01. The van der Waals surface area contributed by atoms with Crippen LogP contribution in [0.25, 0.3) is 5.69 Å². The van der Waals surface area contributed by atoms with Crippen molar-refractivity contribution in [1.29, 1.82) is 5.26 Å². The minimum Gasteiger partial charge on any atom is -0.382 e. The number of hydrogen-bond acceptors (Lipinski definition) is 4. The van der Waals surface area contributed by atoms with Crippen molar-refractivity contribution < 1.29 is 4.39 Å². The van der Waals surface area contributed by atoms with Crippen LogP contribution in [0.15, 0.2) is 29.3 Å². The third-order valence-corrected chi connectivity index (χ3v) is 4.37. The quantitative estimate of drug-likeness (QED) is 0.195. The predicted molar refractivity (Wildman–Crippen MR) is 125 cm³/mol. The zero-order valence-electron chi connectivity index (χ0n) is 16.7. The molecule has 0 saturated carbocycles. The molecule has 1 aromatic carbocycles. The van der Waals surface area contributed by atoms with Gasteiger partial charge in [0.15, 0.2) is 5.96 Å². The standard InChI is InChI=1S/C20H28FN7.HI/c1-2-3-4-5-12-25-20(24)26-13-6-7-18-17(14-22)19(23)28(27-18)16-10-8-15(21)9-11-16;/h8-11H,2-7,12-13,23H2,1H3,(H3,24,25,26);1H. The van der Waals surface area contributed by atoms with Crippen molar-refractivity contribution in [2.24, 2.45) is 10.7 Å². The third-order valence-electron chi connectivity index (χ3n) is 4.37. The van der Waals surface area contributed by atoms with Crippen molar-refractivity contribution in [2.75, 3.05) is 18.8 Å². The van der Waals surface area contributed by atoms with Gasteiger partial charge in [-0.2, -0.15) is 10.4 Å². The molecule has 0 radical (unpaired) electrons. The number of guanidine groups is 1. The highest BCUT2D eigenvalue weighted by Crippen LogP contribution is 2.21. The Hall–Kier alpha value is -2.35. The smallest absolute Gasteiger partial charge is 0.188 e. The predicted octanol–water partition coefficient (Wildman–Crippen LogP) is 3.50. The first kappa shape index (κ1) is 24.7. The molecule has 2 aromatic rings. The number of nitrogens with one attached hydrogen (secondary N) is 1. The Morgan fingerprint density at radius 2 is 1.97 bits per heavy atom. The van der Waals surface area contributed by atoms with Crippen LogP contribution in [0.3, 0.4) is 0 Å². The molecule has 1 heterocycles. The maximum atomic E-state index is 13.1. The summed E-state index contributed by atoms with van der Waals surface area (Å²) in [6.45, 7) is 3.53. The minimum atomic E-state index is -0.343. The summed E-state index contributed by atoms with van der Waals surface area (Å²) in [6, 6.07) is 7.90. The molecule has 0 spiro atoms. The van der Waals surface area contributed by atoms with Crippen molar-refractivity contribution in [3.8, 4) is 11.8 Å². The van der Waals surface area contributed by atoms with E-state index in [1.54, 1.807) is 12.1 Å². The van der Waals surface area contributed by atoms with Gasteiger partial charge >= 0.3 is 0 Å². The molecule has 0 bridgehead atoms. The highest BCUT2D eigenvalue weighted by atomic mass is 127. The number of nitriles is 1. The Labute approximate surface area is 188 Å². The number of rotatable bonds is 10. The first-order chi connectivity index (χ1) is 13.6. The molecule has 158 valence electrons. The molecule has 0 aliphatic carbocycles. The SMILES string of the molecule is CCCCCCNC(N)=NCCCc1nn(-c2ccc(F)cc2)c(N)c1C#N.I. The van der Waals surface area contributed by atoms with Gasteiger partial charge in [0.25, 0.3) is 0 Å². The second-order valence-corrected chi connectivity index (χ2v) is 6.56. The number of benzene rings is 1. The molecular weight excluding hydrogens is 484 g/mol. The second-order valence-electron chi connectivity index (χ2n) is 6.56. The van der Waals surface area contributed by atoms with Crippen LogP contribution in [0.2, 0.25) is 0 Å². The summed E-state index contributed by atoms with van der Waals surface area (Å²) in [5, 5.41) is 16.9. The highest BCUT2D eigenvalue weighted by Gasteiger charge is 2.16. The summed E-state index contributed by atoms with van der Waals surface area (Å²) >= 11 is 0. The van der Waals surface area contributed by atoms with Crippen LogP contribution in [0.5, 0.6) is 0 Å².